The monoisotopic (exact) mass is 630 g/mol. The Bertz CT molecular complexity index is 1970. The Hall–Kier alpha value is -4.70. The first-order valence-electron chi connectivity index (χ1n) is 14.1. The summed E-state index contributed by atoms with van der Waals surface area (Å²) in [5.74, 6) is 3.92. The number of rotatable bonds is 9. The molecule has 3 aromatic heterocycles. The average molecular weight is 631 g/mol. The van der Waals surface area contributed by atoms with Gasteiger partial charge in [-0.15, -0.1) is 11.3 Å². The van der Waals surface area contributed by atoms with Crippen LogP contribution in [0.3, 0.4) is 0 Å². The van der Waals surface area contributed by atoms with Crippen LogP contribution in [0.1, 0.15) is 51.9 Å². The van der Waals surface area contributed by atoms with Crippen LogP contribution < -0.4 is 4.74 Å². The van der Waals surface area contributed by atoms with Crippen LogP contribution in [0.25, 0.3) is 22.3 Å². The molecule has 1 aliphatic heterocycles. The van der Waals surface area contributed by atoms with Gasteiger partial charge in [-0.3, -0.25) is 0 Å². The van der Waals surface area contributed by atoms with Crippen LogP contribution in [-0.2, 0) is 24.3 Å². The number of aromatic nitrogens is 4. The smallest absolute Gasteiger partial charge is 0.335 e. The zero-order valence-corrected chi connectivity index (χ0v) is 25.2. The number of aromatic carboxylic acids is 1. The molecular formula is C33H28F2N4O5S. The maximum absolute atomic E-state index is 15.5. The molecule has 0 spiro atoms. The van der Waals surface area contributed by atoms with E-state index in [1.807, 2.05) is 4.57 Å². The van der Waals surface area contributed by atoms with Crippen molar-refractivity contribution >= 4 is 28.3 Å². The number of hydrogen-bond acceptors (Lipinski definition) is 8. The highest BCUT2D eigenvalue weighted by Gasteiger charge is 2.24. The number of hydrogen-bond donors (Lipinski definition) is 2. The lowest BCUT2D eigenvalue weighted by Gasteiger charge is -2.27. The molecule has 0 radical (unpaired) electrons. The maximum Gasteiger partial charge on any atom is 0.335 e. The van der Waals surface area contributed by atoms with Gasteiger partial charge in [0, 0.05) is 24.7 Å². The van der Waals surface area contributed by atoms with Crippen LogP contribution in [0.5, 0.6) is 5.88 Å². The van der Waals surface area contributed by atoms with Crippen molar-refractivity contribution in [2.45, 2.75) is 51.5 Å². The molecule has 1 saturated heterocycles. The van der Waals surface area contributed by atoms with Gasteiger partial charge in [0.25, 0.3) is 0 Å². The highest BCUT2D eigenvalue weighted by molar-refractivity contribution is 7.12. The van der Waals surface area contributed by atoms with Gasteiger partial charge < -0.3 is 24.3 Å². The summed E-state index contributed by atoms with van der Waals surface area (Å²) in [5.41, 5.74) is 0.412. The first-order chi connectivity index (χ1) is 21.5. The van der Waals surface area contributed by atoms with Crippen LogP contribution in [0.4, 0.5) is 8.78 Å². The topological polar surface area (TPSA) is 120 Å². The number of ether oxygens (including phenoxy) is 2. The average Bonchev–Trinajstić information content (AvgIpc) is 3.57. The number of aliphatic hydroxyl groups is 1. The third-order valence-corrected chi connectivity index (χ3v) is 8.01. The number of nitrogens with zero attached hydrogens (tertiary/aromatic N) is 4. The normalized spacial score (nSPS) is 14.6. The van der Waals surface area contributed by atoms with Crippen molar-refractivity contribution in [2.75, 3.05) is 6.61 Å². The second-order valence-corrected chi connectivity index (χ2v) is 12.2. The van der Waals surface area contributed by atoms with Crippen LogP contribution >= 0.6 is 11.3 Å². The van der Waals surface area contributed by atoms with Gasteiger partial charge >= 0.3 is 5.97 Å². The SMILES string of the molecule is CC(C)(O)C#Cc1cnc(COc2cccc(-c3cc(F)c(Cc4nc5ccc(C(=O)O)cc5n4C[C@@H]4CCO4)cc3F)n2)s1. The number of carbonyl (C=O) groups is 1. The highest BCUT2D eigenvalue weighted by Crippen LogP contribution is 2.29. The van der Waals surface area contributed by atoms with Crippen LogP contribution in [0.15, 0.2) is 54.7 Å². The third kappa shape index (κ3) is 7.01. The summed E-state index contributed by atoms with van der Waals surface area (Å²) in [6.07, 6.45) is 2.35. The Morgan fingerprint density at radius 3 is 2.73 bits per heavy atom. The fourth-order valence-corrected chi connectivity index (χ4v) is 5.48. The molecule has 1 fully saturated rings. The summed E-state index contributed by atoms with van der Waals surface area (Å²) < 4.78 is 44.2. The quantitative estimate of drug-likeness (QED) is 0.202. The second kappa shape index (κ2) is 12.4. The van der Waals surface area contributed by atoms with Crippen molar-refractivity contribution in [3.05, 3.63) is 93.2 Å². The van der Waals surface area contributed by atoms with E-state index in [0.717, 1.165) is 18.6 Å². The summed E-state index contributed by atoms with van der Waals surface area (Å²) in [7, 11) is 0. The predicted octanol–water partition coefficient (Wildman–Crippen LogP) is 5.61. The van der Waals surface area contributed by atoms with E-state index < -0.39 is 23.2 Å². The molecule has 0 saturated carbocycles. The number of carboxylic acid groups (broad SMARTS) is 1. The zero-order valence-electron chi connectivity index (χ0n) is 24.4. The van der Waals surface area contributed by atoms with E-state index in [1.54, 1.807) is 44.3 Å². The van der Waals surface area contributed by atoms with Gasteiger partial charge in [0.05, 0.1) is 46.0 Å². The number of halogens is 2. The fourth-order valence-electron chi connectivity index (χ4n) is 4.80. The van der Waals surface area contributed by atoms with E-state index >= 15 is 8.78 Å². The minimum Gasteiger partial charge on any atom is -0.478 e. The van der Waals surface area contributed by atoms with Gasteiger partial charge in [-0.25, -0.2) is 28.5 Å². The minimum atomic E-state index is -1.12. The molecule has 0 amide bonds. The maximum atomic E-state index is 15.5. The van der Waals surface area contributed by atoms with E-state index in [0.29, 0.717) is 39.9 Å². The molecule has 0 aliphatic carbocycles. The van der Waals surface area contributed by atoms with Gasteiger partial charge in [-0.05, 0) is 62.2 Å². The lowest BCUT2D eigenvalue weighted by molar-refractivity contribution is -0.0589. The van der Waals surface area contributed by atoms with Gasteiger partial charge in [0.15, 0.2) is 0 Å². The first-order valence-corrected chi connectivity index (χ1v) is 15.0. The lowest BCUT2D eigenvalue weighted by Crippen LogP contribution is -2.31. The van der Waals surface area contributed by atoms with Crippen molar-refractivity contribution in [2.24, 2.45) is 0 Å². The molecule has 5 aromatic rings. The number of carboxylic acids is 1. The van der Waals surface area contributed by atoms with Gasteiger partial charge in [-0.2, -0.15) is 0 Å². The fraction of sp³-hybridized carbons (Fsp3) is 0.273. The Labute approximate surface area is 261 Å². The summed E-state index contributed by atoms with van der Waals surface area (Å²) in [6.45, 7) is 4.34. The number of benzene rings is 2. The molecule has 230 valence electrons. The Morgan fingerprint density at radius 1 is 1.18 bits per heavy atom. The summed E-state index contributed by atoms with van der Waals surface area (Å²) >= 11 is 1.31. The molecule has 12 heteroatoms. The predicted molar refractivity (Wildman–Crippen MR) is 163 cm³/mol. The Kier molecular flexibility index (Phi) is 8.33. The van der Waals surface area contributed by atoms with Crippen molar-refractivity contribution in [3.8, 4) is 29.0 Å². The molecule has 4 heterocycles. The van der Waals surface area contributed by atoms with E-state index in [4.69, 9.17) is 9.47 Å². The molecule has 2 N–H and O–H groups in total. The first kappa shape index (κ1) is 30.3. The molecule has 0 bridgehead atoms. The van der Waals surface area contributed by atoms with Crippen molar-refractivity contribution < 1.29 is 33.3 Å². The van der Waals surface area contributed by atoms with E-state index in [1.165, 1.54) is 23.5 Å². The van der Waals surface area contributed by atoms with Crippen molar-refractivity contribution in [1.82, 2.24) is 19.5 Å². The molecule has 9 nitrogen and oxygen atoms in total. The molecule has 1 aliphatic rings. The van der Waals surface area contributed by atoms with Crippen LogP contribution in [0, 0.1) is 23.5 Å². The highest BCUT2D eigenvalue weighted by atomic mass is 32.1. The van der Waals surface area contributed by atoms with E-state index in [9.17, 15) is 15.0 Å². The number of imidazole rings is 1. The Balaban J connectivity index is 1.22. The van der Waals surface area contributed by atoms with Gasteiger partial charge in [0.2, 0.25) is 5.88 Å². The molecule has 45 heavy (non-hydrogen) atoms. The van der Waals surface area contributed by atoms with E-state index in [2.05, 4.69) is 26.8 Å². The van der Waals surface area contributed by atoms with Crippen LogP contribution in [0.2, 0.25) is 0 Å². The van der Waals surface area contributed by atoms with Gasteiger partial charge in [-0.1, -0.05) is 17.9 Å². The standard InChI is InChI=1S/C33H28F2N4O5S/c1-33(2,42)10-8-22-16-36-31(45-22)18-44-30-5-3-4-26(38-30)23-15-24(34)20(12-25(23)35)14-29-37-27-7-6-19(32(40)41)13-28(27)39(29)17-21-9-11-43-21/h3-7,12-13,15-16,21,42H,9,11,14,17-18H2,1-2H3,(H,40,41)/t21-/m0/s1. The molecule has 2 aromatic carbocycles. The number of fused-ring (bicyclic) bond motifs is 1. The largest absolute Gasteiger partial charge is 0.478 e. The van der Waals surface area contributed by atoms with Crippen molar-refractivity contribution in [3.63, 3.8) is 0 Å². The molecule has 0 unspecified atom stereocenters. The number of pyridine rings is 1. The summed E-state index contributed by atoms with van der Waals surface area (Å²) in [5, 5.41) is 19.9. The minimum absolute atomic E-state index is 0.0145. The van der Waals surface area contributed by atoms with Crippen molar-refractivity contribution in [1.29, 1.82) is 0 Å². The number of thiazole rings is 1. The zero-order chi connectivity index (χ0) is 31.7. The van der Waals surface area contributed by atoms with Gasteiger partial charge in [0.1, 0.15) is 34.7 Å². The second-order valence-electron chi connectivity index (χ2n) is 11.1. The van der Waals surface area contributed by atoms with Crippen LogP contribution in [-0.4, -0.2) is 54.0 Å². The molecule has 1 atom stereocenters. The molecular weight excluding hydrogens is 602 g/mol. The molecule has 6 rings (SSSR count). The summed E-state index contributed by atoms with van der Waals surface area (Å²) in [4.78, 5) is 25.5. The van der Waals surface area contributed by atoms with E-state index in [-0.39, 0.29) is 47.4 Å². The summed E-state index contributed by atoms with van der Waals surface area (Å²) in [6, 6.07) is 11.7. The lowest BCUT2D eigenvalue weighted by atomic mass is 10.0. The third-order valence-electron chi connectivity index (χ3n) is 7.13. The Morgan fingerprint density at radius 2 is 2.00 bits per heavy atom.